The normalized spacial score (nSPS) is 10.2. The third kappa shape index (κ3) is 1.28. The number of carboxylic acid groups (broad SMARTS) is 1. The zero-order chi connectivity index (χ0) is 9.26. The first-order valence-corrected chi connectivity index (χ1v) is 3.44. The summed E-state index contributed by atoms with van der Waals surface area (Å²) in [5.41, 5.74) is 0.447. The second-order valence-corrected chi connectivity index (χ2v) is 2.26. The Morgan fingerprint density at radius 3 is 2.54 bits per heavy atom. The summed E-state index contributed by atoms with van der Waals surface area (Å²) >= 11 is 0. The molecule has 0 aromatic carbocycles. The number of aromatic nitrogens is 4. The molecule has 2 rings (SSSR count). The Kier molecular flexibility index (Phi) is 1.59. The first kappa shape index (κ1) is 7.53. The average molecular weight is 176 g/mol. The molecule has 64 valence electrons. The van der Waals surface area contributed by atoms with Crippen molar-refractivity contribution in [3.8, 4) is 0 Å². The van der Waals surface area contributed by atoms with Crippen molar-refractivity contribution in [3.05, 3.63) is 24.3 Å². The molecule has 0 spiro atoms. The van der Waals surface area contributed by atoms with Gasteiger partial charge in [0.15, 0.2) is 17.0 Å². The topological polar surface area (TPSA) is 88.9 Å². The SMILES string of the molecule is O=C(O)c1cnc2nccnc2n1. The maximum Gasteiger partial charge on any atom is 0.356 e. The molecule has 0 aliphatic carbocycles. The lowest BCUT2D eigenvalue weighted by atomic mass is 10.4. The van der Waals surface area contributed by atoms with Crippen molar-refractivity contribution in [1.82, 2.24) is 19.9 Å². The summed E-state index contributed by atoms with van der Waals surface area (Å²) in [6.07, 6.45) is 4.06. The summed E-state index contributed by atoms with van der Waals surface area (Å²) in [4.78, 5) is 25.7. The molecule has 0 saturated heterocycles. The Bertz CT molecular complexity index is 471. The van der Waals surface area contributed by atoms with E-state index in [4.69, 9.17) is 5.11 Å². The number of carboxylic acids is 1. The van der Waals surface area contributed by atoms with E-state index in [1.807, 2.05) is 0 Å². The molecule has 0 unspecified atom stereocenters. The van der Waals surface area contributed by atoms with Crippen LogP contribution in [-0.2, 0) is 0 Å². The fourth-order valence-electron chi connectivity index (χ4n) is 0.862. The molecule has 6 nitrogen and oxygen atoms in total. The van der Waals surface area contributed by atoms with Crippen LogP contribution in [0.3, 0.4) is 0 Å². The highest BCUT2D eigenvalue weighted by Crippen LogP contribution is 2.01. The quantitative estimate of drug-likeness (QED) is 0.663. The number of rotatable bonds is 1. The molecule has 0 fully saturated rings. The molecule has 0 bridgehead atoms. The highest BCUT2D eigenvalue weighted by atomic mass is 16.4. The van der Waals surface area contributed by atoms with Crippen LogP contribution in [0.4, 0.5) is 0 Å². The first-order valence-electron chi connectivity index (χ1n) is 3.44. The van der Waals surface area contributed by atoms with Gasteiger partial charge in [0.25, 0.3) is 0 Å². The number of aromatic carboxylic acids is 1. The van der Waals surface area contributed by atoms with E-state index in [0.717, 1.165) is 6.20 Å². The molecule has 6 heteroatoms. The smallest absolute Gasteiger partial charge is 0.356 e. The third-order valence-corrected chi connectivity index (χ3v) is 1.41. The number of hydrogen-bond acceptors (Lipinski definition) is 5. The van der Waals surface area contributed by atoms with Crippen LogP contribution in [0.25, 0.3) is 11.3 Å². The minimum atomic E-state index is -1.12. The van der Waals surface area contributed by atoms with Crippen molar-refractivity contribution in [2.24, 2.45) is 0 Å². The molecule has 0 saturated carbocycles. The molecule has 0 aliphatic heterocycles. The van der Waals surface area contributed by atoms with E-state index < -0.39 is 5.97 Å². The fourth-order valence-corrected chi connectivity index (χ4v) is 0.862. The van der Waals surface area contributed by atoms with Gasteiger partial charge in [0.2, 0.25) is 0 Å². The van der Waals surface area contributed by atoms with Crippen LogP contribution in [0.15, 0.2) is 18.6 Å². The van der Waals surface area contributed by atoms with Crippen LogP contribution in [0, 0.1) is 0 Å². The number of carbonyl (C=O) groups is 1. The van der Waals surface area contributed by atoms with Crippen molar-refractivity contribution in [2.75, 3.05) is 0 Å². The molecule has 0 atom stereocenters. The maximum absolute atomic E-state index is 10.5. The highest BCUT2D eigenvalue weighted by Gasteiger charge is 2.06. The molecule has 2 aromatic rings. The first-order chi connectivity index (χ1) is 6.27. The van der Waals surface area contributed by atoms with Crippen LogP contribution in [0.5, 0.6) is 0 Å². The molecule has 0 radical (unpaired) electrons. The van der Waals surface area contributed by atoms with E-state index in [1.54, 1.807) is 0 Å². The van der Waals surface area contributed by atoms with Gasteiger partial charge >= 0.3 is 5.97 Å². The lowest BCUT2D eigenvalue weighted by molar-refractivity contribution is 0.0690. The molecular formula is C7H4N4O2. The van der Waals surface area contributed by atoms with Crippen molar-refractivity contribution in [2.45, 2.75) is 0 Å². The minimum absolute atomic E-state index is 0.131. The van der Waals surface area contributed by atoms with Gasteiger partial charge in [0.05, 0.1) is 6.20 Å². The Hall–Kier alpha value is -2.11. The van der Waals surface area contributed by atoms with E-state index in [9.17, 15) is 4.79 Å². The largest absolute Gasteiger partial charge is 0.476 e. The summed E-state index contributed by atoms with van der Waals surface area (Å²) in [6, 6.07) is 0. The number of nitrogens with zero attached hydrogens (tertiary/aromatic N) is 4. The van der Waals surface area contributed by atoms with Gasteiger partial charge in [0.1, 0.15) is 0 Å². The van der Waals surface area contributed by atoms with Gasteiger partial charge in [-0.3, -0.25) is 0 Å². The Morgan fingerprint density at radius 1 is 1.15 bits per heavy atom. The summed E-state index contributed by atoms with van der Waals surface area (Å²) in [7, 11) is 0. The van der Waals surface area contributed by atoms with Gasteiger partial charge in [-0.1, -0.05) is 0 Å². The maximum atomic E-state index is 10.5. The average Bonchev–Trinajstić information content (AvgIpc) is 2.17. The monoisotopic (exact) mass is 176 g/mol. The standard InChI is InChI=1S/C7H4N4O2/c12-7(13)4-3-10-5-6(11-4)9-2-1-8-5/h1-3H,(H,12,13). The van der Waals surface area contributed by atoms with E-state index in [0.29, 0.717) is 5.65 Å². The van der Waals surface area contributed by atoms with Crippen LogP contribution in [0.2, 0.25) is 0 Å². The molecule has 2 aromatic heterocycles. The summed E-state index contributed by atoms with van der Waals surface area (Å²) in [5.74, 6) is -1.12. The second kappa shape index (κ2) is 2.74. The zero-order valence-corrected chi connectivity index (χ0v) is 6.38. The molecule has 1 N–H and O–H groups in total. The van der Waals surface area contributed by atoms with E-state index in [1.165, 1.54) is 12.4 Å². The van der Waals surface area contributed by atoms with E-state index >= 15 is 0 Å². The fraction of sp³-hybridized carbons (Fsp3) is 0. The van der Waals surface area contributed by atoms with Crippen molar-refractivity contribution in [3.63, 3.8) is 0 Å². The van der Waals surface area contributed by atoms with Gasteiger partial charge in [-0.05, 0) is 0 Å². The lowest BCUT2D eigenvalue weighted by Gasteiger charge is -1.94. The van der Waals surface area contributed by atoms with Gasteiger partial charge in [-0.2, -0.15) is 0 Å². The van der Waals surface area contributed by atoms with Gasteiger partial charge in [0, 0.05) is 12.4 Å². The molecular weight excluding hydrogens is 172 g/mol. The Morgan fingerprint density at radius 2 is 1.85 bits per heavy atom. The van der Waals surface area contributed by atoms with Gasteiger partial charge < -0.3 is 5.11 Å². The predicted molar refractivity (Wildman–Crippen MR) is 42.1 cm³/mol. The Balaban J connectivity index is 2.69. The van der Waals surface area contributed by atoms with Crippen LogP contribution in [-0.4, -0.2) is 31.0 Å². The predicted octanol–water partition coefficient (Wildman–Crippen LogP) is 0.118. The highest BCUT2D eigenvalue weighted by molar-refractivity contribution is 5.86. The molecule has 13 heavy (non-hydrogen) atoms. The number of fused-ring (bicyclic) bond motifs is 1. The van der Waals surface area contributed by atoms with Crippen molar-refractivity contribution < 1.29 is 9.90 Å². The molecule has 0 aliphatic rings. The van der Waals surface area contributed by atoms with Crippen LogP contribution in [0.1, 0.15) is 10.5 Å². The molecule has 2 heterocycles. The third-order valence-electron chi connectivity index (χ3n) is 1.41. The second-order valence-electron chi connectivity index (χ2n) is 2.26. The molecule has 0 amide bonds. The summed E-state index contributed by atoms with van der Waals surface area (Å²) < 4.78 is 0. The summed E-state index contributed by atoms with van der Waals surface area (Å²) in [5, 5.41) is 8.59. The van der Waals surface area contributed by atoms with Crippen molar-refractivity contribution >= 4 is 17.3 Å². The lowest BCUT2D eigenvalue weighted by Crippen LogP contribution is -2.02. The minimum Gasteiger partial charge on any atom is -0.476 e. The van der Waals surface area contributed by atoms with Crippen LogP contribution < -0.4 is 0 Å². The zero-order valence-electron chi connectivity index (χ0n) is 6.38. The van der Waals surface area contributed by atoms with Gasteiger partial charge in [-0.15, -0.1) is 0 Å². The summed E-state index contributed by atoms with van der Waals surface area (Å²) in [6.45, 7) is 0. The van der Waals surface area contributed by atoms with Crippen LogP contribution >= 0.6 is 0 Å². The van der Waals surface area contributed by atoms with Gasteiger partial charge in [-0.25, -0.2) is 24.7 Å². The van der Waals surface area contributed by atoms with Crippen molar-refractivity contribution in [1.29, 1.82) is 0 Å². The number of hydrogen-bond donors (Lipinski definition) is 1. The van der Waals surface area contributed by atoms with E-state index in [2.05, 4.69) is 19.9 Å². The van der Waals surface area contributed by atoms with E-state index in [-0.39, 0.29) is 11.3 Å². The Labute approximate surface area is 72.3 Å².